The number of methoxy groups -OCH3 is 1. The van der Waals surface area contributed by atoms with E-state index in [1.165, 1.54) is 5.57 Å². The number of phenols is 2. The zero-order valence-electron chi connectivity index (χ0n) is 18.5. The van der Waals surface area contributed by atoms with Gasteiger partial charge in [-0.25, -0.2) is 0 Å². The molecule has 0 aromatic heterocycles. The van der Waals surface area contributed by atoms with Gasteiger partial charge in [0.15, 0.2) is 5.78 Å². The summed E-state index contributed by atoms with van der Waals surface area (Å²) < 4.78 is 11.7. The smallest absolute Gasteiger partial charge is 0.170 e. The predicted octanol–water partition coefficient (Wildman–Crippen LogP) is 5.66. The molecule has 2 aromatic rings. The zero-order valence-corrected chi connectivity index (χ0v) is 18.5. The van der Waals surface area contributed by atoms with Crippen molar-refractivity contribution in [2.24, 2.45) is 0 Å². The molecule has 0 saturated heterocycles. The molecule has 2 atom stereocenters. The van der Waals surface area contributed by atoms with Crippen molar-refractivity contribution in [3.8, 4) is 17.2 Å². The Kier molecular flexibility index (Phi) is 7.18. The summed E-state index contributed by atoms with van der Waals surface area (Å²) >= 11 is 0. The summed E-state index contributed by atoms with van der Waals surface area (Å²) in [7, 11) is 1.69. The van der Waals surface area contributed by atoms with Gasteiger partial charge in [-0.2, -0.15) is 0 Å². The number of hydrogen-bond acceptors (Lipinski definition) is 5. The van der Waals surface area contributed by atoms with E-state index in [0.717, 1.165) is 17.6 Å². The van der Waals surface area contributed by atoms with Gasteiger partial charge in [-0.05, 0) is 63.4 Å². The van der Waals surface area contributed by atoms with Crippen LogP contribution >= 0.6 is 0 Å². The van der Waals surface area contributed by atoms with Crippen LogP contribution in [0.15, 0.2) is 59.7 Å². The molecule has 0 aliphatic carbocycles. The molecule has 1 aliphatic heterocycles. The molecule has 1 unspecified atom stereocenters. The monoisotopic (exact) mass is 422 g/mol. The average molecular weight is 423 g/mol. The number of carbonyl (C=O) groups is 1. The van der Waals surface area contributed by atoms with E-state index < -0.39 is 6.10 Å². The SMILES string of the molecule is COC(C=C(C)C)C/C(C)=C/Cc1c(O)ccc2c1O[C@H](c1ccc(O)cc1)CC2=O. The molecule has 0 amide bonds. The highest BCUT2D eigenvalue weighted by molar-refractivity contribution is 6.00. The van der Waals surface area contributed by atoms with Crippen LogP contribution in [0.2, 0.25) is 0 Å². The number of aromatic hydroxyl groups is 2. The van der Waals surface area contributed by atoms with Gasteiger partial charge in [-0.15, -0.1) is 0 Å². The van der Waals surface area contributed by atoms with Gasteiger partial charge in [0.1, 0.15) is 23.4 Å². The molecule has 2 aromatic carbocycles. The lowest BCUT2D eigenvalue weighted by atomic mass is 9.93. The molecule has 5 heteroatoms. The third-order valence-electron chi connectivity index (χ3n) is 5.43. The first-order valence-electron chi connectivity index (χ1n) is 10.5. The van der Waals surface area contributed by atoms with Gasteiger partial charge >= 0.3 is 0 Å². The van der Waals surface area contributed by atoms with Crippen LogP contribution in [0.25, 0.3) is 0 Å². The number of carbonyl (C=O) groups excluding carboxylic acids is 1. The fourth-order valence-corrected chi connectivity index (χ4v) is 3.77. The van der Waals surface area contributed by atoms with E-state index >= 15 is 0 Å². The van der Waals surface area contributed by atoms with Gasteiger partial charge in [0.2, 0.25) is 0 Å². The minimum atomic E-state index is -0.457. The van der Waals surface area contributed by atoms with Crippen molar-refractivity contribution in [1.29, 1.82) is 0 Å². The van der Waals surface area contributed by atoms with Crippen molar-refractivity contribution >= 4 is 5.78 Å². The first kappa shape index (κ1) is 22.6. The topological polar surface area (TPSA) is 76.0 Å². The lowest BCUT2D eigenvalue weighted by molar-refractivity contribution is 0.0847. The first-order chi connectivity index (χ1) is 14.8. The van der Waals surface area contributed by atoms with Gasteiger partial charge in [0, 0.05) is 12.7 Å². The van der Waals surface area contributed by atoms with E-state index in [4.69, 9.17) is 9.47 Å². The number of ketones is 1. The van der Waals surface area contributed by atoms with Crippen molar-refractivity contribution < 1.29 is 24.5 Å². The van der Waals surface area contributed by atoms with Crippen LogP contribution in [0.1, 0.15) is 61.2 Å². The lowest BCUT2D eigenvalue weighted by Gasteiger charge is -2.27. The number of benzene rings is 2. The molecule has 2 N–H and O–H groups in total. The number of fused-ring (bicyclic) bond motifs is 1. The van der Waals surface area contributed by atoms with Gasteiger partial charge in [0.05, 0.1) is 18.1 Å². The Labute approximate surface area is 183 Å². The molecular weight excluding hydrogens is 392 g/mol. The van der Waals surface area contributed by atoms with E-state index in [-0.39, 0.29) is 29.8 Å². The summed E-state index contributed by atoms with van der Waals surface area (Å²) in [6.45, 7) is 6.11. The van der Waals surface area contributed by atoms with Gasteiger partial charge in [0.25, 0.3) is 0 Å². The lowest BCUT2D eigenvalue weighted by Crippen LogP contribution is -2.21. The Morgan fingerprint density at radius 3 is 2.52 bits per heavy atom. The maximum Gasteiger partial charge on any atom is 0.170 e. The highest BCUT2D eigenvalue weighted by Gasteiger charge is 2.30. The number of hydrogen-bond donors (Lipinski definition) is 2. The summed E-state index contributed by atoms with van der Waals surface area (Å²) in [5, 5.41) is 20.1. The predicted molar refractivity (Wildman–Crippen MR) is 121 cm³/mol. The highest BCUT2D eigenvalue weighted by atomic mass is 16.5. The molecule has 31 heavy (non-hydrogen) atoms. The second-order valence-electron chi connectivity index (χ2n) is 8.24. The van der Waals surface area contributed by atoms with Crippen molar-refractivity contribution in [2.75, 3.05) is 7.11 Å². The van der Waals surface area contributed by atoms with E-state index in [1.54, 1.807) is 43.5 Å². The molecule has 0 saturated carbocycles. The second kappa shape index (κ2) is 9.84. The minimum Gasteiger partial charge on any atom is -0.508 e. The van der Waals surface area contributed by atoms with Crippen LogP contribution in [0.5, 0.6) is 17.2 Å². The number of allylic oxidation sites excluding steroid dienone is 2. The number of phenolic OH excluding ortho intramolecular Hbond substituents is 2. The summed E-state index contributed by atoms with van der Waals surface area (Å²) in [4.78, 5) is 12.8. The molecular formula is C26H30O5. The Balaban J connectivity index is 1.86. The quantitative estimate of drug-likeness (QED) is 0.563. The largest absolute Gasteiger partial charge is 0.508 e. The molecule has 1 heterocycles. The Morgan fingerprint density at radius 2 is 1.87 bits per heavy atom. The van der Waals surface area contributed by atoms with Gasteiger partial charge in [-0.3, -0.25) is 4.79 Å². The highest BCUT2D eigenvalue weighted by Crippen LogP contribution is 2.41. The minimum absolute atomic E-state index is 0.00348. The van der Waals surface area contributed by atoms with Crippen LogP contribution in [0.4, 0.5) is 0 Å². The van der Waals surface area contributed by atoms with Crippen molar-refractivity contribution in [3.05, 3.63) is 76.4 Å². The standard InChI is InChI=1S/C26H30O5/c1-16(2)13-20(30-4)14-17(3)5-10-21-23(28)12-11-22-24(29)15-25(31-26(21)22)18-6-8-19(27)9-7-18/h5-9,11-13,20,25,27-28H,10,14-15H2,1-4H3/b17-5+/t20?,25-/m0/s1. The number of ether oxygens (including phenoxy) is 2. The van der Waals surface area contributed by atoms with E-state index in [9.17, 15) is 15.0 Å². The summed E-state index contributed by atoms with van der Waals surface area (Å²) in [5.41, 5.74) is 4.22. The number of rotatable bonds is 7. The van der Waals surface area contributed by atoms with Crippen molar-refractivity contribution in [2.45, 2.75) is 52.2 Å². The van der Waals surface area contributed by atoms with E-state index in [1.807, 2.05) is 26.8 Å². The fourth-order valence-electron chi connectivity index (χ4n) is 3.77. The van der Waals surface area contributed by atoms with E-state index in [2.05, 4.69) is 6.08 Å². The summed E-state index contributed by atoms with van der Waals surface area (Å²) in [6, 6.07) is 9.83. The molecule has 0 spiro atoms. The average Bonchev–Trinajstić information content (AvgIpc) is 2.72. The molecule has 164 valence electrons. The molecule has 3 rings (SSSR count). The van der Waals surface area contributed by atoms with Gasteiger partial charge in [-0.1, -0.05) is 35.4 Å². The third-order valence-corrected chi connectivity index (χ3v) is 5.43. The van der Waals surface area contributed by atoms with Crippen LogP contribution in [0, 0.1) is 0 Å². The Morgan fingerprint density at radius 1 is 1.16 bits per heavy atom. The Bertz CT molecular complexity index is 997. The second-order valence-corrected chi connectivity index (χ2v) is 8.24. The first-order valence-corrected chi connectivity index (χ1v) is 10.5. The van der Waals surface area contributed by atoms with Crippen molar-refractivity contribution in [1.82, 2.24) is 0 Å². The molecule has 5 nitrogen and oxygen atoms in total. The maximum absolute atomic E-state index is 12.8. The summed E-state index contributed by atoms with van der Waals surface area (Å²) in [6.07, 6.45) is 5.07. The molecule has 1 aliphatic rings. The van der Waals surface area contributed by atoms with Crippen molar-refractivity contribution in [3.63, 3.8) is 0 Å². The maximum atomic E-state index is 12.8. The third kappa shape index (κ3) is 5.56. The van der Waals surface area contributed by atoms with Crippen LogP contribution in [0.3, 0.4) is 0 Å². The molecule has 0 bridgehead atoms. The Hall–Kier alpha value is -3.05. The summed E-state index contributed by atoms with van der Waals surface area (Å²) in [5.74, 6) is 0.678. The number of Topliss-reactive ketones (excluding diaryl/α,β-unsaturated/α-hetero) is 1. The van der Waals surface area contributed by atoms with Crippen LogP contribution in [-0.2, 0) is 11.2 Å². The van der Waals surface area contributed by atoms with Gasteiger partial charge < -0.3 is 19.7 Å². The normalized spacial score (nSPS) is 17.0. The van der Waals surface area contributed by atoms with Crippen LogP contribution in [-0.4, -0.2) is 29.2 Å². The molecule has 0 radical (unpaired) electrons. The van der Waals surface area contributed by atoms with Crippen LogP contribution < -0.4 is 4.74 Å². The fraction of sp³-hybridized carbons (Fsp3) is 0.346. The molecule has 0 fully saturated rings. The van der Waals surface area contributed by atoms with E-state index in [0.29, 0.717) is 23.3 Å². The zero-order chi connectivity index (χ0) is 22.5.